The minimum absolute atomic E-state index is 0.241. The van der Waals surface area contributed by atoms with Crippen molar-refractivity contribution in [2.75, 3.05) is 38.1 Å². The van der Waals surface area contributed by atoms with E-state index in [1.165, 1.54) is 50.6 Å². The average Bonchev–Trinajstić information content (AvgIpc) is 2.95. The van der Waals surface area contributed by atoms with E-state index in [1.807, 2.05) is 0 Å². The Bertz CT molecular complexity index is 1400. The summed E-state index contributed by atoms with van der Waals surface area (Å²) in [6.45, 7) is -0.627. The van der Waals surface area contributed by atoms with Crippen LogP contribution in [0.25, 0.3) is 11.1 Å². The molecule has 0 unspecified atom stereocenters. The van der Waals surface area contributed by atoms with Crippen LogP contribution in [0.3, 0.4) is 0 Å². The molecule has 0 aliphatic carbocycles. The van der Waals surface area contributed by atoms with Crippen molar-refractivity contribution in [3.63, 3.8) is 0 Å². The van der Waals surface area contributed by atoms with Gasteiger partial charge in [0, 0.05) is 12.1 Å². The molecular weight excluding hydrogens is 522 g/mol. The lowest BCUT2D eigenvalue weighted by Gasteiger charge is -2.15. The molecule has 8 nitrogen and oxygen atoms in total. The van der Waals surface area contributed by atoms with E-state index in [0.717, 1.165) is 11.1 Å². The predicted molar refractivity (Wildman–Crippen MR) is 146 cm³/mol. The van der Waals surface area contributed by atoms with Crippen LogP contribution in [0.2, 0.25) is 0 Å². The van der Waals surface area contributed by atoms with Crippen LogP contribution < -0.4 is 29.6 Å². The van der Waals surface area contributed by atoms with Crippen LogP contribution in [0.15, 0.2) is 84.9 Å². The van der Waals surface area contributed by atoms with Crippen molar-refractivity contribution < 1.29 is 37.3 Å². The van der Waals surface area contributed by atoms with Crippen molar-refractivity contribution in [3.05, 3.63) is 96.6 Å². The predicted octanol–water partition coefficient (Wildman–Crippen LogP) is 5.68. The number of ether oxygens (including phenoxy) is 4. The second-order valence-electron chi connectivity index (χ2n) is 8.42. The first-order chi connectivity index (χ1) is 19.3. The van der Waals surface area contributed by atoms with Crippen LogP contribution in [0, 0.1) is 11.6 Å². The highest BCUT2D eigenvalue weighted by molar-refractivity contribution is 5.95. The van der Waals surface area contributed by atoms with Crippen LogP contribution in [0.1, 0.15) is 0 Å². The Morgan fingerprint density at radius 2 is 1.05 bits per heavy atom. The highest BCUT2D eigenvalue weighted by Gasteiger charge is 2.14. The van der Waals surface area contributed by atoms with Gasteiger partial charge in [0.2, 0.25) is 0 Å². The number of carbonyl (C=O) groups is 2. The molecule has 4 aromatic carbocycles. The van der Waals surface area contributed by atoms with Gasteiger partial charge < -0.3 is 29.6 Å². The van der Waals surface area contributed by atoms with E-state index in [4.69, 9.17) is 18.9 Å². The first-order valence-corrected chi connectivity index (χ1v) is 12.1. The van der Waals surface area contributed by atoms with Crippen molar-refractivity contribution in [1.29, 1.82) is 0 Å². The smallest absolute Gasteiger partial charge is 0.262 e. The minimum atomic E-state index is -0.461. The molecule has 0 spiro atoms. The first kappa shape index (κ1) is 27.9. The summed E-state index contributed by atoms with van der Waals surface area (Å²) < 4.78 is 48.2. The van der Waals surface area contributed by atoms with Crippen LogP contribution in [0.5, 0.6) is 23.0 Å². The van der Waals surface area contributed by atoms with Gasteiger partial charge in [-0.15, -0.1) is 0 Å². The highest BCUT2D eigenvalue weighted by atomic mass is 19.1. The topological polar surface area (TPSA) is 95.1 Å². The van der Waals surface area contributed by atoms with Crippen LogP contribution in [-0.2, 0) is 9.59 Å². The van der Waals surface area contributed by atoms with E-state index < -0.39 is 23.4 Å². The Balaban J connectivity index is 1.40. The van der Waals surface area contributed by atoms with Gasteiger partial charge >= 0.3 is 0 Å². The summed E-state index contributed by atoms with van der Waals surface area (Å²) in [7, 11) is 2.95. The van der Waals surface area contributed by atoms with Gasteiger partial charge in [-0.3, -0.25) is 9.59 Å². The van der Waals surface area contributed by atoms with Gasteiger partial charge in [-0.05, 0) is 59.7 Å². The average molecular weight is 549 g/mol. The van der Waals surface area contributed by atoms with E-state index >= 15 is 0 Å². The van der Waals surface area contributed by atoms with E-state index in [9.17, 15) is 18.4 Å². The van der Waals surface area contributed by atoms with Crippen molar-refractivity contribution in [2.24, 2.45) is 0 Å². The molecule has 10 heteroatoms. The molecule has 0 saturated carbocycles. The third kappa shape index (κ3) is 7.47. The molecule has 206 valence electrons. The summed E-state index contributed by atoms with van der Waals surface area (Å²) in [5.41, 5.74) is 2.37. The van der Waals surface area contributed by atoms with Crippen molar-refractivity contribution in [2.45, 2.75) is 0 Å². The van der Waals surface area contributed by atoms with Crippen molar-refractivity contribution >= 4 is 23.2 Å². The second-order valence-corrected chi connectivity index (χ2v) is 8.42. The number of anilines is 2. The third-order valence-corrected chi connectivity index (χ3v) is 5.62. The molecule has 4 aromatic rings. The minimum Gasteiger partial charge on any atom is -0.495 e. The Morgan fingerprint density at radius 1 is 0.625 bits per heavy atom. The summed E-state index contributed by atoms with van der Waals surface area (Å²) in [5, 5.41) is 5.44. The van der Waals surface area contributed by atoms with Gasteiger partial charge in [-0.25, -0.2) is 8.78 Å². The fraction of sp³-hybridized carbons (Fsp3) is 0.133. The summed E-state index contributed by atoms with van der Waals surface area (Å²) in [6.07, 6.45) is 0. The molecule has 0 aliphatic rings. The van der Waals surface area contributed by atoms with E-state index in [1.54, 1.807) is 48.5 Å². The van der Waals surface area contributed by atoms with E-state index in [0.29, 0.717) is 22.9 Å². The molecule has 0 atom stereocenters. The summed E-state index contributed by atoms with van der Waals surface area (Å²) >= 11 is 0. The number of hydrogen-bond donors (Lipinski definition) is 2. The molecule has 2 N–H and O–H groups in total. The second kappa shape index (κ2) is 13.1. The van der Waals surface area contributed by atoms with Gasteiger partial charge in [-0.2, -0.15) is 0 Å². The summed E-state index contributed by atoms with van der Waals surface area (Å²) in [5.74, 6) is -0.522. The zero-order valence-electron chi connectivity index (χ0n) is 21.7. The number of benzene rings is 4. The Hall–Kier alpha value is -5.12. The molecule has 2 amide bonds. The molecule has 40 heavy (non-hydrogen) atoms. The number of halogens is 2. The Labute approximate surface area is 229 Å². The summed E-state index contributed by atoms with van der Waals surface area (Å²) in [6, 6.07) is 21.4. The number of amides is 2. The lowest BCUT2D eigenvalue weighted by molar-refractivity contribution is -0.118. The van der Waals surface area contributed by atoms with Gasteiger partial charge in [0.25, 0.3) is 11.8 Å². The van der Waals surface area contributed by atoms with Gasteiger partial charge in [0.15, 0.2) is 13.2 Å². The summed E-state index contributed by atoms with van der Waals surface area (Å²) in [4.78, 5) is 24.8. The molecule has 0 radical (unpaired) electrons. The van der Waals surface area contributed by atoms with E-state index in [-0.39, 0.29) is 24.7 Å². The fourth-order valence-corrected chi connectivity index (χ4v) is 3.73. The lowest BCUT2D eigenvalue weighted by Crippen LogP contribution is -2.20. The number of methoxy groups -OCH3 is 2. The van der Waals surface area contributed by atoms with Gasteiger partial charge in [-0.1, -0.05) is 24.3 Å². The van der Waals surface area contributed by atoms with Crippen molar-refractivity contribution in [3.8, 4) is 34.1 Å². The third-order valence-electron chi connectivity index (χ3n) is 5.62. The van der Waals surface area contributed by atoms with Crippen LogP contribution in [0.4, 0.5) is 20.2 Å². The van der Waals surface area contributed by atoms with Gasteiger partial charge in [0.1, 0.15) is 34.6 Å². The monoisotopic (exact) mass is 548 g/mol. The molecule has 0 saturated heterocycles. The largest absolute Gasteiger partial charge is 0.495 e. The molecule has 0 heterocycles. The maximum absolute atomic E-state index is 13.3. The number of carbonyl (C=O) groups excluding carboxylic acids is 2. The van der Waals surface area contributed by atoms with Crippen LogP contribution in [-0.4, -0.2) is 39.2 Å². The van der Waals surface area contributed by atoms with Crippen molar-refractivity contribution in [1.82, 2.24) is 0 Å². The normalized spacial score (nSPS) is 10.4. The van der Waals surface area contributed by atoms with E-state index in [2.05, 4.69) is 10.6 Å². The lowest BCUT2D eigenvalue weighted by atomic mass is 10.0. The highest BCUT2D eigenvalue weighted by Crippen LogP contribution is 2.35. The zero-order chi connectivity index (χ0) is 28.5. The molecule has 0 aliphatic heterocycles. The SMILES string of the molecule is COc1cc(-c2ccc(NC(=O)COc3cccc(F)c3)c(OC)c2)ccc1NC(=O)COc1cccc(F)c1. The number of hydrogen-bond acceptors (Lipinski definition) is 6. The maximum Gasteiger partial charge on any atom is 0.262 e. The van der Waals surface area contributed by atoms with Gasteiger partial charge in [0.05, 0.1) is 25.6 Å². The Morgan fingerprint density at radius 3 is 1.43 bits per heavy atom. The number of rotatable bonds is 11. The standard InChI is InChI=1S/C30H26F2N2O6/c1-37-27-13-19(9-11-25(27)33-29(35)17-39-23-7-3-5-21(31)15-23)20-10-12-26(28(14-20)38-2)34-30(36)18-40-24-8-4-6-22(32)16-24/h3-16H,17-18H2,1-2H3,(H,33,35)(H,34,36). The Kier molecular flexibility index (Phi) is 9.14. The number of nitrogens with one attached hydrogen (secondary N) is 2. The molecule has 4 rings (SSSR count). The molecule has 0 aromatic heterocycles. The molecule has 0 bridgehead atoms. The molecule has 0 fully saturated rings. The zero-order valence-corrected chi connectivity index (χ0v) is 21.7. The maximum atomic E-state index is 13.3. The first-order valence-electron chi connectivity index (χ1n) is 12.1. The quantitative estimate of drug-likeness (QED) is 0.250. The molecular formula is C30H26F2N2O6. The fourth-order valence-electron chi connectivity index (χ4n) is 3.73. The van der Waals surface area contributed by atoms with Crippen LogP contribution >= 0.6 is 0 Å².